The van der Waals surface area contributed by atoms with Gasteiger partial charge in [0.1, 0.15) is 0 Å². The Morgan fingerprint density at radius 1 is 0.600 bits per heavy atom. The second kappa shape index (κ2) is 13.9. The number of nitrogens with zero attached hydrogens (tertiary/aromatic N) is 2. The summed E-state index contributed by atoms with van der Waals surface area (Å²) in [6.07, 6.45) is 7.00. The zero-order valence-electron chi connectivity index (χ0n) is 7.74. The van der Waals surface area contributed by atoms with Gasteiger partial charge in [0.15, 0.2) is 0 Å². The van der Waals surface area contributed by atoms with E-state index >= 15 is 0 Å². The summed E-state index contributed by atoms with van der Waals surface area (Å²) >= 11 is 6.80. The van der Waals surface area contributed by atoms with Crippen molar-refractivity contribution in [2.45, 2.75) is 0 Å². The Morgan fingerprint density at radius 3 is 0.933 bits per heavy atom. The van der Waals surface area contributed by atoms with Crippen molar-refractivity contribution in [2.75, 3.05) is 0 Å². The molecule has 0 aliphatic rings. The average Bonchev–Trinajstić information content (AvgIpc) is 2.35. The second-order valence-corrected chi connectivity index (χ2v) is 9.27. The van der Waals surface area contributed by atoms with Crippen LogP contribution in [0.2, 0.25) is 0 Å². The summed E-state index contributed by atoms with van der Waals surface area (Å²) in [5.41, 5.74) is 0. The van der Waals surface area contributed by atoms with Crippen LogP contribution in [0.4, 0.5) is 0 Å². The average molecular weight is 424 g/mol. The fourth-order valence-electron chi connectivity index (χ4n) is 0.625. The molecule has 0 unspecified atom stereocenters. The molecule has 0 atom stereocenters. The van der Waals surface area contributed by atoms with Crippen molar-refractivity contribution >= 4 is 26.9 Å². The number of pyridine rings is 2. The fourth-order valence-corrected chi connectivity index (χ4v) is 0.625. The van der Waals surface area contributed by atoms with Gasteiger partial charge in [-0.25, -0.2) is 0 Å². The molecule has 0 aliphatic heterocycles. The van der Waals surface area contributed by atoms with Crippen molar-refractivity contribution in [2.24, 2.45) is 0 Å². The van der Waals surface area contributed by atoms with Gasteiger partial charge in [-0.05, 0) is 24.3 Å². The van der Waals surface area contributed by atoms with E-state index in [2.05, 4.69) is 36.8 Å². The molecule has 0 saturated heterocycles. The number of hydrogen-bond donors (Lipinski definition) is 0. The van der Waals surface area contributed by atoms with Crippen molar-refractivity contribution in [1.82, 2.24) is 9.97 Å². The molecule has 2 rings (SSSR count). The van der Waals surface area contributed by atoms with E-state index in [0.29, 0.717) is 13.9 Å². The minimum Gasteiger partial charge on any atom is -0.265 e. The fraction of sp³-hybridized carbons (Fsp3) is 0. The van der Waals surface area contributed by atoms with Crippen LogP contribution in [-0.4, -0.2) is 9.97 Å². The smallest absolute Gasteiger partial charge is 0.0267 e. The van der Waals surface area contributed by atoms with Gasteiger partial charge in [0.2, 0.25) is 0 Å². The standard InChI is InChI=1S/2C5H5N.2BrH.Pd/c2*1-2-4-6-5-3-1;;;/h2*1-5H;2*1H;/q;;;;+2/p-2. The molecule has 0 aliphatic carbocycles. The maximum Gasteiger partial charge on any atom is 0.0267 e. The van der Waals surface area contributed by atoms with Gasteiger partial charge in [-0.3, -0.25) is 9.97 Å². The zero-order chi connectivity index (χ0) is 11.2. The second-order valence-electron chi connectivity index (χ2n) is 2.09. The Labute approximate surface area is 111 Å². The first-order valence-electron chi connectivity index (χ1n) is 3.94. The summed E-state index contributed by atoms with van der Waals surface area (Å²) in [5, 5.41) is 0. The van der Waals surface area contributed by atoms with Crippen molar-refractivity contribution in [3.05, 3.63) is 61.2 Å². The van der Waals surface area contributed by atoms with E-state index in [1.54, 1.807) is 24.8 Å². The van der Waals surface area contributed by atoms with Crippen LogP contribution in [0.3, 0.4) is 0 Å². The van der Waals surface area contributed by atoms with Crippen molar-refractivity contribution in [1.29, 1.82) is 0 Å². The van der Waals surface area contributed by atoms with E-state index in [1.807, 2.05) is 36.4 Å². The van der Waals surface area contributed by atoms with Gasteiger partial charge in [-0.1, -0.05) is 12.1 Å². The third kappa shape index (κ3) is 13.9. The summed E-state index contributed by atoms with van der Waals surface area (Å²) in [6.45, 7) is 0. The summed E-state index contributed by atoms with van der Waals surface area (Å²) < 4.78 is 0. The van der Waals surface area contributed by atoms with Crippen molar-refractivity contribution in [3.63, 3.8) is 0 Å². The maximum absolute atomic E-state index is 3.78. The Balaban J connectivity index is 0.000000210. The number of rotatable bonds is 0. The molecular formula is C10H10Br2N2Pd. The molecule has 15 heavy (non-hydrogen) atoms. The van der Waals surface area contributed by atoms with Gasteiger partial charge in [0, 0.05) is 24.8 Å². The van der Waals surface area contributed by atoms with Crippen LogP contribution in [0.25, 0.3) is 0 Å². The molecule has 0 saturated carbocycles. The molecular weight excluding hydrogens is 414 g/mol. The number of aromatic nitrogens is 2. The molecule has 2 heterocycles. The Morgan fingerprint density at radius 2 is 0.867 bits per heavy atom. The molecule has 2 nitrogen and oxygen atoms in total. The zero-order valence-corrected chi connectivity index (χ0v) is 12.5. The van der Waals surface area contributed by atoms with E-state index in [-0.39, 0.29) is 0 Å². The van der Waals surface area contributed by atoms with Gasteiger partial charge in [-0.15, -0.1) is 0 Å². The number of halogens is 2. The predicted octanol–water partition coefficient (Wildman–Crippen LogP) is 3.85. The van der Waals surface area contributed by atoms with E-state index in [1.165, 1.54) is 0 Å². The van der Waals surface area contributed by atoms with Crippen LogP contribution in [0.1, 0.15) is 0 Å². The van der Waals surface area contributed by atoms with E-state index in [4.69, 9.17) is 0 Å². The van der Waals surface area contributed by atoms with Crippen LogP contribution < -0.4 is 0 Å². The van der Waals surface area contributed by atoms with Crippen LogP contribution in [0.5, 0.6) is 0 Å². The summed E-state index contributed by atoms with van der Waals surface area (Å²) in [6, 6.07) is 11.4. The third-order valence-electron chi connectivity index (χ3n) is 1.13. The largest absolute Gasteiger partial charge is 0.265 e. The minimum absolute atomic E-state index is 0.575. The predicted molar refractivity (Wildman–Crippen MR) is 66.3 cm³/mol. The monoisotopic (exact) mass is 422 g/mol. The quantitative estimate of drug-likeness (QED) is 0.601. The SMILES string of the molecule is [Br][Pd][Br].c1ccncc1.c1ccncc1. The molecule has 2 aromatic rings. The summed E-state index contributed by atoms with van der Waals surface area (Å²) in [5.74, 6) is 0. The van der Waals surface area contributed by atoms with Gasteiger partial charge < -0.3 is 0 Å². The molecule has 0 N–H and O–H groups in total. The Kier molecular flexibility index (Phi) is 13.9. The van der Waals surface area contributed by atoms with Gasteiger partial charge in [-0.2, -0.15) is 0 Å². The van der Waals surface area contributed by atoms with Gasteiger partial charge in [0.25, 0.3) is 0 Å². The van der Waals surface area contributed by atoms with Crippen LogP contribution in [-0.2, 0) is 13.9 Å². The first kappa shape index (κ1) is 14.9. The molecule has 2 aromatic heterocycles. The Hall–Kier alpha value is -0.0777. The van der Waals surface area contributed by atoms with Crippen LogP contribution in [0, 0.1) is 0 Å². The summed E-state index contributed by atoms with van der Waals surface area (Å²) in [7, 11) is 0. The first-order chi connectivity index (χ1) is 7.41. The van der Waals surface area contributed by atoms with Crippen LogP contribution in [0.15, 0.2) is 61.2 Å². The molecule has 5 heteroatoms. The maximum atomic E-state index is 3.78. The van der Waals surface area contributed by atoms with E-state index in [9.17, 15) is 0 Å². The topological polar surface area (TPSA) is 25.8 Å². The van der Waals surface area contributed by atoms with Crippen molar-refractivity contribution < 1.29 is 13.9 Å². The molecule has 0 fully saturated rings. The van der Waals surface area contributed by atoms with Crippen molar-refractivity contribution in [3.8, 4) is 0 Å². The normalized spacial score (nSPS) is 7.87. The van der Waals surface area contributed by atoms with Gasteiger partial charge >= 0.3 is 40.8 Å². The molecule has 0 spiro atoms. The molecule has 0 aromatic carbocycles. The molecule has 0 radical (unpaired) electrons. The van der Waals surface area contributed by atoms with E-state index in [0.717, 1.165) is 0 Å². The Bertz CT molecular complexity index is 210. The summed E-state index contributed by atoms with van der Waals surface area (Å²) in [4.78, 5) is 7.57. The van der Waals surface area contributed by atoms with Crippen LogP contribution >= 0.6 is 26.9 Å². The number of hydrogen-bond acceptors (Lipinski definition) is 2. The molecule has 84 valence electrons. The first-order valence-corrected chi connectivity index (χ1v) is 11.0. The third-order valence-corrected chi connectivity index (χ3v) is 1.13. The molecule has 0 amide bonds. The van der Waals surface area contributed by atoms with Gasteiger partial charge in [0.05, 0.1) is 0 Å². The van der Waals surface area contributed by atoms with E-state index < -0.39 is 0 Å². The minimum atomic E-state index is 0.575. The molecule has 0 bridgehead atoms.